The molecule has 9 saturated heterocycles. The molecule has 0 bridgehead atoms. The van der Waals surface area contributed by atoms with Gasteiger partial charge in [-0.1, -0.05) is 192 Å². The number of hydrogen-bond donors (Lipinski definition) is 1. The molecule has 21 nitrogen and oxygen atoms in total. The van der Waals surface area contributed by atoms with Gasteiger partial charge in [-0.15, -0.1) is 0 Å². The van der Waals surface area contributed by atoms with E-state index in [4.69, 9.17) is 85.6 Å². The number of rotatable bonds is 47. The lowest BCUT2D eigenvalue weighted by Gasteiger charge is -2.41. The van der Waals surface area contributed by atoms with Crippen molar-refractivity contribution < 1.29 is 100.0 Å². The molecule has 11 rings (SSSR count). The summed E-state index contributed by atoms with van der Waals surface area (Å²) in [6.07, 6.45) is 33.2. The second-order valence-electron chi connectivity index (χ2n) is 35.4. The average Bonchev–Trinajstić information content (AvgIpc) is 0.836. The summed E-state index contributed by atoms with van der Waals surface area (Å²) in [5, 5.41) is 8.76. The Labute approximate surface area is 701 Å². The second kappa shape index (κ2) is 61.5. The zero-order chi connectivity index (χ0) is 84.4. The van der Waals surface area contributed by atoms with Gasteiger partial charge in [0.05, 0.1) is 194 Å². The molecule has 0 spiro atoms. The Hall–Kier alpha value is -2.84. The van der Waals surface area contributed by atoms with Crippen LogP contribution in [0.4, 0.5) is 4.79 Å². The number of aliphatic hydroxyl groups is 1. The second-order valence-corrected chi connectivity index (χ2v) is 35.4. The van der Waals surface area contributed by atoms with E-state index in [1.165, 1.54) is 128 Å². The number of unbranched alkanes of at least 4 members (excludes halogenated alkanes) is 7. The van der Waals surface area contributed by atoms with Crippen molar-refractivity contribution in [2.24, 2.45) is 54.7 Å². The summed E-state index contributed by atoms with van der Waals surface area (Å²) in [5.74, 6) is 1.66. The molecule has 21 heteroatoms. The Morgan fingerprint density at radius 1 is 0.391 bits per heavy atom. The zero-order valence-electron chi connectivity index (χ0n) is 76.4. The predicted molar refractivity (Wildman–Crippen MR) is 458 cm³/mol. The maximum Gasteiger partial charge on any atom is 0.508 e. The number of methoxy groups -OCH3 is 1. The normalized spacial score (nSPS) is 21.0. The summed E-state index contributed by atoms with van der Waals surface area (Å²) in [6.45, 7) is 57.0. The van der Waals surface area contributed by atoms with Gasteiger partial charge in [0.2, 0.25) is 0 Å². The van der Waals surface area contributed by atoms with E-state index in [2.05, 4.69) is 102 Å². The van der Waals surface area contributed by atoms with Crippen LogP contribution in [0.15, 0.2) is 30.3 Å². The fourth-order valence-corrected chi connectivity index (χ4v) is 13.6. The first kappa shape index (κ1) is 106. The van der Waals surface area contributed by atoms with E-state index in [1.54, 1.807) is 14.0 Å². The van der Waals surface area contributed by atoms with Crippen LogP contribution in [0.3, 0.4) is 0 Å². The van der Waals surface area contributed by atoms with Crippen molar-refractivity contribution in [3.63, 3.8) is 0 Å². The molecule has 9 aliphatic heterocycles. The predicted octanol–water partition coefficient (Wildman–Crippen LogP) is 19.7. The monoisotopic (exact) mass is 1640 g/mol. The number of carbonyl (C=O) groups is 2. The quantitative estimate of drug-likeness (QED) is 0.0473. The fourth-order valence-electron chi connectivity index (χ4n) is 13.6. The van der Waals surface area contributed by atoms with E-state index in [0.29, 0.717) is 72.6 Å². The van der Waals surface area contributed by atoms with E-state index in [0.717, 1.165) is 222 Å². The average molecular weight is 1640 g/mol. The van der Waals surface area contributed by atoms with Gasteiger partial charge < -0.3 is 90.4 Å². The van der Waals surface area contributed by atoms with Crippen LogP contribution >= 0.6 is 0 Å². The largest absolute Gasteiger partial charge is 0.508 e. The first-order valence-corrected chi connectivity index (χ1v) is 46.0. The lowest BCUT2D eigenvalue weighted by atomic mass is 9.84. The highest BCUT2D eigenvalue weighted by molar-refractivity contribution is 5.69. The molecule has 1 aromatic carbocycles. The number of benzene rings is 1. The number of para-hydroxylation sites is 1. The van der Waals surface area contributed by atoms with Gasteiger partial charge >= 0.3 is 12.1 Å². The summed E-state index contributed by atoms with van der Waals surface area (Å²) in [5.41, 5.74) is 2.41. The number of esters is 1. The van der Waals surface area contributed by atoms with Crippen molar-refractivity contribution >= 4 is 12.1 Å². The fraction of sp³-hybridized carbons (Fsp3) is 0.915. The highest BCUT2D eigenvalue weighted by Gasteiger charge is 2.43. The van der Waals surface area contributed by atoms with Crippen molar-refractivity contribution in [2.75, 3.05) is 212 Å². The van der Waals surface area contributed by atoms with Crippen molar-refractivity contribution in [2.45, 2.75) is 290 Å². The standard InChI is InChI=1S/C14H28O2.C12H22O3.C12H22O2.C12H16O2.C12H24O2.C10H20O2.C9H16O4.C7H14O2.C6H12O2/c1-4-7-8-13(5-2)9-15-10-14(6-3)11-16-12-14;1-3-5-6-7-11(13)15-10-12(4-2)8-14-9-12;2*1-2-12(8-13-9-12)10-14-11-6-4-3-5-7-11;1-3-5-6-7-8-13-9-12(4-2)10-14-11-12;1-3-5-6-11-7-10(4-2)8-12-9-10;1-3-9(5-11-6-9)7-13-8(10)12-4-2;1-3-7(4-8-2)5-9-6-7;1-2-6(3-7)4-8-5-6/h13H,4-12H2,1-3H3;3-10H2,1-2H3;11H,2-10H2,1H3;3-7H,2,8-10H2,1H3;3-11H2,1-2H3;3-9H2,1-2H3;3-7H2,1-2H3;3-6H2,1-2H3;7H,2-5H2,1H3. The lowest BCUT2D eigenvalue weighted by Crippen LogP contribution is -2.46. The van der Waals surface area contributed by atoms with Gasteiger partial charge in [0, 0.05) is 65.8 Å². The summed E-state index contributed by atoms with van der Waals surface area (Å²) in [4.78, 5) is 22.2. The van der Waals surface area contributed by atoms with E-state index < -0.39 is 6.16 Å². The van der Waals surface area contributed by atoms with Crippen LogP contribution in [0.25, 0.3) is 0 Å². The molecule has 1 atom stereocenters. The molecule has 1 N–H and O–H groups in total. The third kappa shape index (κ3) is 40.8. The van der Waals surface area contributed by atoms with Gasteiger partial charge in [0.15, 0.2) is 0 Å². The van der Waals surface area contributed by atoms with Crippen LogP contribution in [-0.2, 0) is 85.3 Å². The molecule has 1 aromatic rings. The molecule has 676 valence electrons. The summed E-state index contributed by atoms with van der Waals surface area (Å²) in [6, 6.07) is 9.96. The first-order chi connectivity index (χ1) is 55.7. The minimum atomic E-state index is -0.581. The van der Waals surface area contributed by atoms with Gasteiger partial charge in [-0.2, -0.15) is 0 Å². The van der Waals surface area contributed by atoms with Crippen LogP contribution < -0.4 is 4.74 Å². The maximum atomic E-state index is 11.4. The Morgan fingerprint density at radius 2 is 0.765 bits per heavy atom. The topological polar surface area (TPSA) is 221 Å². The highest BCUT2D eigenvalue weighted by atomic mass is 16.7. The molecule has 0 radical (unpaired) electrons. The molecule has 1 unspecified atom stereocenters. The Balaban J connectivity index is 0.000000337. The minimum absolute atomic E-state index is 0.0484. The first-order valence-electron chi connectivity index (χ1n) is 46.0. The molecule has 0 aromatic heterocycles. The van der Waals surface area contributed by atoms with Crippen LogP contribution in [0.5, 0.6) is 5.75 Å². The number of ether oxygens (including phenoxy) is 18. The SMILES string of the molecule is CCC1(CO)COC1.CCC1(COC)COC1.CCC1(COC2CCCCC2)COC1.CCC1(COc2ccccc2)COC1.CCCCC(CC)COCC1(CC)COC1.CCCCCC(=O)OCC1(CC)COC1.CCCCCCOCC1(CC)COC1.CCCCOCC1(CC)COC1.CCOC(=O)OCC1(CC)COC1. The third-order valence-corrected chi connectivity index (χ3v) is 25.5. The highest BCUT2D eigenvalue weighted by Crippen LogP contribution is 2.38. The van der Waals surface area contributed by atoms with E-state index in [9.17, 15) is 9.59 Å². The van der Waals surface area contributed by atoms with Crippen LogP contribution in [0.1, 0.15) is 284 Å². The van der Waals surface area contributed by atoms with Crippen LogP contribution in [-0.4, -0.2) is 235 Å². The van der Waals surface area contributed by atoms with E-state index >= 15 is 0 Å². The van der Waals surface area contributed by atoms with E-state index in [-0.39, 0.29) is 34.2 Å². The third-order valence-electron chi connectivity index (χ3n) is 25.5. The molecule has 10 fully saturated rings. The molecular formula is C94H174O21. The van der Waals surface area contributed by atoms with Crippen LogP contribution in [0.2, 0.25) is 0 Å². The van der Waals surface area contributed by atoms with Gasteiger partial charge in [-0.05, 0) is 121 Å². The number of hydrogen-bond acceptors (Lipinski definition) is 21. The minimum Gasteiger partial charge on any atom is -0.493 e. The number of carbonyl (C=O) groups excluding carboxylic acids is 2. The van der Waals surface area contributed by atoms with Gasteiger partial charge in [-0.3, -0.25) is 4.79 Å². The summed E-state index contributed by atoms with van der Waals surface area (Å²) >= 11 is 0. The molecular weight excluding hydrogens is 1470 g/mol. The zero-order valence-corrected chi connectivity index (χ0v) is 76.4. The Bertz CT molecular complexity index is 2400. The Kier molecular flexibility index (Phi) is 56.8. The van der Waals surface area contributed by atoms with Crippen molar-refractivity contribution in [3.8, 4) is 5.75 Å². The molecule has 1 aliphatic carbocycles. The van der Waals surface area contributed by atoms with Gasteiger partial charge in [0.1, 0.15) is 19.0 Å². The lowest BCUT2D eigenvalue weighted by molar-refractivity contribution is -0.170. The molecule has 115 heavy (non-hydrogen) atoms. The molecule has 10 aliphatic rings. The smallest absolute Gasteiger partial charge is 0.493 e. The number of aliphatic hydroxyl groups excluding tert-OH is 1. The van der Waals surface area contributed by atoms with Gasteiger partial charge in [-0.25, -0.2) is 4.79 Å². The van der Waals surface area contributed by atoms with Crippen LogP contribution in [0, 0.1) is 54.7 Å². The summed E-state index contributed by atoms with van der Waals surface area (Å²) in [7, 11) is 1.75. The van der Waals surface area contributed by atoms with Gasteiger partial charge in [0.25, 0.3) is 0 Å². The molecule has 1 saturated carbocycles. The molecule has 0 amide bonds. The summed E-state index contributed by atoms with van der Waals surface area (Å²) < 4.78 is 95.4. The Morgan fingerprint density at radius 3 is 1.12 bits per heavy atom. The molecule has 9 heterocycles. The van der Waals surface area contributed by atoms with Crippen molar-refractivity contribution in [1.82, 2.24) is 0 Å². The van der Waals surface area contributed by atoms with E-state index in [1.807, 2.05) is 30.3 Å². The van der Waals surface area contributed by atoms with Crippen molar-refractivity contribution in [3.05, 3.63) is 30.3 Å². The van der Waals surface area contributed by atoms with Crippen molar-refractivity contribution in [1.29, 1.82) is 0 Å². The maximum absolute atomic E-state index is 11.4.